The average molecular weight is 138 g/mol. The van der Waals surface area contributed by atoms with Gasteiger partial charge < -0.3 is 0 Å². The summed E-state index contributed by atoms with van der Waals surface area (Å²) in [5, 5.41) is 0. The molecule has 0 nitrogen and oxygen atoms in total. The first kappa shape index (κ1) is 6.69. The third-order valence-electron chi connectivity index (χ3n) is 3.94. The molecule has 0 heteroatoms. The van der Waals surface area contributed by atoms with E-state index in [1.165, 1.54) is 12.8 Å². The van der Waals surface area contributed by atoms with Crippen molar-refractivity contribution >= 4 is 0 Å². The monoisotopic (exact) mass is 138 g/mol. The van der Waals surface area contributed by atoms with Crippen LogP contribution in [0.2, 0.25) is 0 Å². The quantitative estimate of drug-likeness (QED) is 0.550. The second-order valence-electron chi connectivity index (χ2n) is 4.14. The summed E-state index contributed by atoms with van der Waals surface area (Å²) in [5.74, 6) is 4.57. The van der Waals surface area contributed by atoms with Crippen LogP contribution in [-0.2, 0) is 0 Å². The van der Waals surface area contributed by atoms with E-state index in [1.54, 1.807) is 12.8 Å². The van der Waals surface area contributed by atoms with E-state index >= 15 is 0 Å². The molecule has 3 saturated carbocycles. The molecule has 58 valence electrons. The van der Waals surface area contributed by atoms with Crippen LogP contribution in [0.5, 0.6) is 0 Å². The molecular formula is C10H18. The standard InChI is InChI=1S/C10H18/c1-3-7-5-8-6-10(7)9(8)4-2/h7-10H,3-6H2,1-2H3. The van der Waals surface area contributed by atoms with Crippen LogP contribution in [0, 0.1) is 23.7 Å². The molecule has 0 amide bonds. The maximum absolute atomic E-state index is 2.36. The van der Waals surface area contributed by atoms with Crippen molar-refractivity contribution in [2.45, 2.75) is 39.5 Å². The van der Waals surface area contributed by atoms with Gasteiger partial charge in [0.15, 0.2) is 0 Å². The molecule has 0 aromatic heterocycles. The first-order valence-electron chi connectivity index (χ1n) is 4.86. The molecule has 0 aliphatic heterocycles. The fourth-order valence-electron chi connectivity index (χ4n) is 3.34. The Morgan fingerprint density at radius 2 is 1.90 bits per heavy atom. The molecule has 0 heterocycles. The second kappa shape index (κ2) is 2.25. The Morgan fingerprint density at radius 3 is 2.30 bits per heavy atom. The zero-order chi connectivity index (χ0) is 7.14. The van der Waals surface area contributed by atoms with Crippen LogP contribution in [0.3, 0.4) is 0 Å². The van der Waals surface area contributed by atoms with Crippen molar-refractivity contribution in [1.29, 1.82) is 0 Å². The zero-order valence-corrected chi connectivity index (χ0v) is 7.14. The van der Waals surface area contributed by atoms with Crippen LogP contribution < -0.4 is 0 Å². The van der Waals surface area contributed by atoms with Crippen molar-refractivity contribution in [2.24, 2.45) is 23.7 Å². The molecule has 0 aromatic rings. The molecule has 3 aliphatic rings. The van der Waals surface area contributed by atoms with Crippen LogP contribution in [0.15, 0.2) is 0 Å². The van der Waals surface area contributed by atoms with E-state index in [-0.39, 0.29) is 0 Å². The predicted molar refractivity (Wildman–Crippen MR) is 43.8 cm³/mol. The molecular weight excluding hydrogens is 120 g/mol. The Kier molecular flexibility index (Phi) is 1.51. The number of fused-ring (bicyclic) bond motifs is 1. The lowest BCUT2D eigenvalue weighted by molar-refractivity contribution is 0.133. The third kappa shape index (κ3) is 0.681. The maximum atomic E-state index is 2.36. The van der Waals surface area contributed by atoms with Gasteiger partial charge in [-0.1, -0.05) is 26.7 Å². The van der Waals surface area contributed by atoms with Crippen molar-refractivity contribution in [2.75, 3.05) is 0 Å². The topological polar surface area (TPSA) is 0 Å². The van der Waals surface area contributed by atoms with E-state index in [2.05, 4.69) is 13.8 Å². The number of rotatable bonds is 2. The summed E-state index contributed by atoms with van der Waals surface area (Å²) in [6.45, 7) is 4.72. The van der Waals surface area contributed by atoms with Crippen molar-refractivity contribution in [3.05, 3.63) is 0 Å². The third-order valence-corrected chi connectivity index (χ3v) is 3.94. The highest BCUT2D eigenvalue weighted by Crippen LogP contribution is 2.58. The molecule has 0 radical (unpaired) electrons. The SMILES string of the molecule is CCC1CC2CC1C2CC. The molecule has 0 aromatic carbocycles. The fourth-order valence-corrected chi connectivity index (χ4v) is 3.34. The first-order chi connectivity index (χ1) is 4.86. The van der Waals surface area contributed by atoms with Crippen molar-refractivity contribution in [3.8, 4) is 0 Å². The fraction of sp³-hybridized carbons (Fsp3) is 1.00. The van der Waals surface area contributed by atoms with E-state index < -0.39 is 0 Å². The van der Waals surface area contributed by atoms with E-state index in [0.717, 1.165) is 23.7 Å². The highest BCUT2D eigenvalue weighted by molar-refractivity contribution is 4.99. The lowest BCUT2D eigenvalue weighted by atomic mass is 9.69. The van der Waals surface area contributed by atoms with Gasteiger partial charge in [-0.25, -0.2) is 0 Å². The van der Waals surface area contributed by atoms with Gasteiger partial charge in [0.05, 0.1) is 0 Å². The molecule has 0 N–H and O–H groups in total. The van der Waals surface area contributed by atoms with Gasteiger partial charge in [0.2, 0.25) is 0 Å². The summed E-state index contributed by atoms with van der Waals surface area (Å²) in [5.41, 5.74) is 0. The average Bonchev–Trinajstić information content (AvgIpc) is 2.42. The van der Waals surface area contributed by atoms with Gasteiger partial charge in [0.25, 0.3) is 0 Å². The van der Waals surface area contributed by atoms with Gasteiger partial charge in [-0.05, 0) is 36.5 Å². The molecule has 10 heavy (non-hydrogen) atoms. The molecule has 0 spiro atoms. The summed E-state index contributed by atoms with van der Waals surface area (Å²) in [7, 11) is 0. The molecule has 0 saturated heterocycles. The van der Waals surface area contributed by atoms with E-state index in [4.69, 9.17) is 0 Å². The van der Waals surface area contributed by atoms with Crippen LogP contribution >= 0.6 is 0 Å². The van der Waals surface area contributed by atoms with Crippen molar-refractivity contribution in [1.82, 2.24) is 0 Å². The van der Waals surface area contributed by atoms with Gasteiger partial charge in [-0.3, -0.25) is 0 Å². The minimum absolute atomic E-state index is 1.12. The normalized spacial score (nSPS) is 51.0. The summed E-state index contributed by atoms with van der Waals surface area (Å²) in [4.78, 5) is 0. The molecule has 4 unspecified atom stereocenters. The van der Waals surface area contributed by atoms with Gasteiger partial charge in [0, 0.05) is 0 Å². The highest BCUT2D eigenvalue weighted by Gasteiger charge is 2.50. The van der Waals surface area contributed by atoms with Crippen molar-refractivity contribution in [3.63, 3.8) is 0 Å². The molecule has 3 rings (SSSR count). The van der Waals surface area contributed by atoms with E-state index in [1.807, 2.05) is 0 Å². The van der Waals surface area contributed by atoms with Crippen LogP contribution in [0.4, 0.5) is 0 Å². The highest BCUT2D eigenvalue weighted by atomic mass is 14.6. The van der Waals surface area contributed by atoms with Crippen molar-refractivity contribution < 1.29 is 0 Å². The Hall–Kier alpha value is 0. The number of hydrogen-bond donors (Lipinski definition) is 0. The Morgan fingerprint density at radius 1 is 1.10 bits per heavy atom. The zero-order valence-electron chi connectivity index (χ0n) is 7.14. The lowest BCUT2D eigenvalue weighted by Gasteiger charge is -2.36. The van der Waals surface area contributed by atoms with E-state index in [9.17, 15) is 0 Å². The first-order valence-corrected chi connectivity index (χ1v) is 4.86. The Bertz CT molecular complexity index is 122. The lowest BCUT2D eigenvalue weighted by Crippen LogP contribution is -2.28. The smallest absolute Gasteiger partial charge is 0.0352 e. The maximum Gasteiger partial charge on any atom is -0.0352 e. The van der Waals surface area contributed by atoms with Crippen LogP contribution in [0.25, 0.3) is 0 Å². The minimum Gasteiger partial charge on any atom is -0.0651 e. The predicted octanol–water partition coefficient (Wildman–Crippen LogP) is 3.08. The Labute approximate surface area is 64.0 Å². The van der Waals surface area contributed by atoms with Gasteiger partial charge in [-0.2, -0.15) is 0 Å². The van der Waals surface area contributed by atoms with Gasteiger partial charge in [0.1, 0.15) is 0 Å². The van der Waals surface area contributed by atoms with E-state index in [0.29, 0.717) is 0 Å². The van der Waals surface area contributed by atoms with Gasteiger partial charge >= 0.3 is 0 Å². The second-order valence-corrected chi connectivity index (χ2v) is 4.14. The summed E-state index contributed by atoms with van der Waals surface area (Å²) in [6, 6.07) is 0. The molecule has 3 aliphatic carbocycles. The van der Waals surface area contributed by atoms with Gasteiger partial charge in [-0.15, -0.1) is 0 Å². The summed E-state index contributed by atoms with van der Waals surface area (Å²) in [6.07, 6.45) is 6.04. The van der Waals surface area contributed by atoms with Crippen LogP contribution in [-0.4, -0.2) is 0 Å². The Balaban J connectivity index is 1.99. The largest absolute Gasteiger partial charge is 0.0651 e. The molecule has 3 fully saturated rings. The van der Waals surface area contributed by atoms with Crippen LogP contribution in [0.1, 0.15) is 39.5 Å². The number of hydrogen-bond acceptors (Lipinski definition) is 0. The minimum atomic E-state index is 1.12. The summed E-state index contributed by atoms with van der Waals surface area (Å²) >= 11 is 0. The summed E-state index contributed by atoms with van der Waals surface area (Å²) < 4.78 is 0. The molecule has 4 atom stereocenters. The molecule has 2 bridgehead atoms.